The number of benzene rings is 1. The summed E-state index contributed by atoms with van der Waals surface area (Å²) >= 11 is 1.32. The molecule has 0 saturated carbocycles. The molecule has 186 valence electrons. The van der Waals surface area contributed by atoms with Gasteiger partial charge in [-0.05, 0) is 31.4 Å². The van der Waals surface area contributed by atoms with Gasteiger partial charge in [-0.1, -0.05) is 40.1 Å². The third-order valence-electron chi connectivity index (χ3n) is 5.62. The highest BCUT2D eigenvalue weighted by Crippen LogP contribution is 2.39. The highest BCUT2D eigenvalue weighted by Gasteiger charge is 2.38. The van der Waals surface area contributed by atoms with Crippen LogP contribution in [-0.4, -0.2) is 75.3 Å². The Balaban J connectivity index is 1.27. The molecule has 2 heterocycles. The van der Waals surface area contributed by atoms with Gasteiger partial charge in [-0.25, -0.2) is 0 Å². The first-order valence-electron chi connectivity index (χ1n) is 11.5. The molecular weight excluding hydrogens is 494 g/mol. The normalized spacial score (nSPS) is 20.1. The molecule has 8 nitrogen and oxygen atoms in total. The molecule has 2 atom stereocenters. The lowest BCUT2D eigenvalue weighted by Crippen LogP contribution is -2.39. The first-order valence-corrected chi connectivity index (χ1v) is 15.0. The van der Waals surface area contributed by atoms with Gasteiger partial charge in [-0.3, -0.25) is 24.1 Å². The molecule has 1 aromatic rings. The minimum atomic E-state index is -0.475. The second-order valence-corrected chi connectivity index (χ2v) is 12.2. The van der Waals surface area contributed by atoms with Crippen LogP contribution in [0.15, 0.2) is 24.3 Å². The van der Waals surface area contributed by atoms with Gasteiger partial charge >= 0.3 is 0 Å². The number of imide groups is 1. The summed E-state index contributed by atoms with van der Waals surface area (Å²) in [6.07, 6.45) is 4.90. The maximum atomic E-state index is 12.6. The summed E-state index contributed by atoms with van der Waals surface area (Å²) < 4.78 is 0. The average molecular weight is 526 g/mol. The van der Waals surface area contributed by atoms with Crippen molar-refractivity contribution in [3.63, 3.8) is 0 Å². The van der Waals surface area contributed by atoms with E-state index in [4.69, 9.17) is 0 Å². The van der Waals surface area contributed by atoms with Crippen LogP contribution in [0.2, 0.25) is 0 Å². The van der Waals surface area contributed by atoms with E-state index in [0.29, 0.717) is 18.7 Å². The SMILES string of the molecule is O=C(CCCCC1CCSS1)NCCN1C(=O)CC(SCCNC(=O)c2ccccc2O)C1=O. The van der Waals surface area contributed by atoms with Gasteiger partial charge in [0.05, 0.1) is 10.8 Å². The fourth-order valence-electron chi connectivity index (χ4n) is 3.76. The van der Waals surface area contributed by atoms with Gasteiger partial charge in [0.1, 0.15) is 5.75 Å². The van der Waals surface area contributed by atoms with Crippen molar-refractivity contribution in [1.82, 2.24) is 15.5 Å². The lowest BCUT2D eigenvalue weighted by molar-refractivity contribution is -0.138. The second kappa shape index (κ2) is 13.9. The van der Waals surface area contributed by atoms with Gasteiger partial charge in [-0.15, -0.1) is 11.8 Å². The number of hydrogen-bond donors (Lipinski definition) is 3. The van der Waals surface area contributed by atoms with E-state index >= 15 is 0 Å². The molecule has 0 bridgehead atoms. The molecule has 2 unspecified atom stereocenters. The Bertz CT molecular complexity index is 879. The Morgan fingerprint density at radius 3 is 2.74 bits per heavy atom. The first kappa shape index (κ1) is 26.7. The van der Waals surface area contributed by atoms with Crippen molar-refractivity contribution in [2.45, 2.75) is 49.0 Å². The predicted octanol–water partition coefficient (Wildman–Crippen LogP) is 2.81. The monoisotopic (exact) mass is 525 g/mol. The minimum absolute atomic E-state index is 0.0429. The molecule has 2 fully saturated rings. The van der Waals surface area contributed by atoms with E-state index in [9.17, 15) is 24.3 Å². The van der Waals surface area contributed by atoms with Crippen LogP contribution >= 0.6 is 33.3 Å². The van der Waals surface area contributed by atoms with Crippen LogP contribution in [0, 0.1) is 0 Å². The topological polar surface area (TPSA) is 116 Å². The van der Waals surface area contributed by atoms with Gasteiger partial charge in [0.2, 0.25) is 17.7 Å². The number of rotatable bonds is 13. The molecule has 0 aromatic heterocycles. The molecule has 0 aliphatic carbocycles. The lowest BCUT2D eigenvalue weighted by Gasteiger charge is -2.15. The average Bonchev–Trinajstić information content (AvgIpc) is 3.43. The van der Waals surface area contributed by atoms with Gasteiger partial charge < -0.3 is 15.7 Å². The summed E-state index contributed by atoms with van der Waals surface area (Å²) in [4.78, 5) is 50.2. The molecule has 2 saturated heterocycles. The van der Waals surface area contributed by atoms with Crippen LogP contribution in [0.25, 0.3) is 0 Å². The standard InChI is InChI=1S/C23H31N3O5S3/c27-18-7-3-2-6-17(18)22(30)25-11-14-32-19-15-21(29)26(23(19)31)12-10-24-20(28)8-4-1-5-16-9-13-33-34-16/h2-3,6-7,16,19,27H,1,4-5,8-15H2,(H,24,28)(H,25,30). The maximum absolute atomic E-state index is 12.6. The first-order chi connectivity index (χ1) is 16.5. The Hall–Kier alpha value is -1.85. The highest BCUT2D eigenvalue weighted by atomic mass is 33.1. The fourth-order valence-corrected chi connectivity index (χ4v) is 7.82. The van der Waals surface area contributed by atoms with Crippen molar-refractivity contribution in [3.8, 4) is 5.75 Å². The molecule has 34 heavy (non-hydrogen) atoms. The van der Waals surface area contributed by atoms with E-state index in [1.165, 1.54) is 41.0 Å². The van der Waals surface area contributed by atoms with Crippen molar-refractivity contribution >= 4 is 57.0 Å². The minimum Gasteiger partial charge on any atom is -0.507 e. The van der Waals surface area contributed by atoms with E-state index in [2.05, 4.69) is 10.6 Å². The van der Waals surface area contributed by atoms with Gasteiger partial charge in [0.15, 0.2) is 0 Å². The van der Waals surface area contributed by atoms with Crippen molar-refractivity contribution in [1.29, 1.82) is 0 Å². The summed E-state index contributed by atoms with van der Waals surface area (Å²) in [6, 6.07) is 6.28. The summed E-state index contributed by atoms with van der Waals surface area (Å²) in [5.74, 6) is 0.685. The number of carbonyl (C=O) groups is 4. The molecule has 2 aliphatic rings. The number of unbranched alkanes of at least 4 members (excludes halogenated alkanes) is 1. The Kier molecular flexibility index (Phi) is 10.9. The number of amides is 4. The summed E-state index contributed by atoms with van der Waals surface area (Å²) in [5, 5.41) is 15.5. The number of para-hydroxylation sites is 1. The zero-order chi connectivity index (χ0) is 24.3. The van der Waals surface area contributed by atoms with Crippen molar-refractivity contribution in [2.75, 3.05) is 31.1 Å². The molecule has 1 aromatic carbocycles. The van der Waals surface area contributed by atoms with Crippen molar-refractivity contribution in [2.24, 2.45) is 0 Å². The van der Waals surface area contributed by atoms with Gasteiger partial charge in [0.25, 0.3) is 5.91 Å². The van der Waals surface area contributed by atoms with Crippen LogP contribution in [0.1, 0.15) is 48.9 Å². The predicted molar refractivity (Wildman–Crippen MR) is 138 cm³/mol. The number of nitrogens with zero attached hydrogens (tertiary/aromatic N) is 1. The molecule has 3 rings (SSSR count). The fraction of sp³-hybridized carbons (Fsp3) is 0.565. The van der Waals surface area contributed by atoms with E-state index in [0.717, 1.165) is 24.5 Å². The van der Waals surface area contributed by atoms with Gasteiger partial charge in [-0.2, -0.15) is 0 Å². The molecule has 11 heteroatoms. The van der Waals surface area contributed by atoms with E-state index in [-0.39, 0.29) is 54.5 Å². The summed E-state index contributed by atoms with van der Waals surface area (Å²) in [7, 11) is 3.88. The second-order valence-electron chi connectivity index (χ2n) is 8.14. The van der Waals surface area contributed by atoms with E-state index in [1.807, 2.05) is 21.6 Å². The van der Waals surface area contributed by atoms with Crippen LogP contribution in [0.4, 0.5) is 0 Å². The summed E-state index contributed by atoms with van der Waals surface area (Å²) in [5.41, 5.74) is 0.194. The largest absolute Gasteiger partial charge is 0.507 e. The van der Waals surface area contributed by atoms with Gasteiger partial charge in [0, 0.05) is 49.2 Å². The number of nitrogens with one attached hydrogen (secondary N) is 2. The van der Waals surface area contributed by atoms with Crippen molar-refractivity contribution < 1.29 is 24.3 Å². The smallest absolute Gasteiger partial charge is 0.255 e. The highest BCUT2D eigenvalue weighted by molar-refractivity contribution is 8.77. The third-order valence-corrected chi connectivity index (χ3v) is 9.84. The Morgan fingerprint density at radius 1 is 1.15 bits per heavy atom. The lowest BCUT2D eigenvalue weighted by atomic mass is 10.1. The number of aromatic hydroxyl groups is 1. The van der Waals surface area contributed by atoms with Crippen LogP contribution in [0.3, 0.4) is 0 Å². The molecule has 0 radical (unpaired) electrons. The number of thioether (sulfide) groups is 1. The van der Waals surface area contributed by atoms with Crippen LogP contribution in [-0.2, 0) is 14.4 Å². The number of carbonyl (C=O) groups excluding carboxylic acids is 4. The molecule has 3 N–H and O–H groups in total. The molecule has 4 amide bonds. The van der Waals surface area contributed by atoms with E-state index < -0.39 is 5.25 Å². The van der Waals surface area contributed by atoms with Crippen LogP contribution in [0.5, 0.6) is 5.75 Å². The number of hydrogen-bond acceptors (Lipinski definition) is 8. The Morgan fingerprint density at radius 2 is 1.97 bits per heavy atom. The van der Waals surface area contributed by atoms with Crippen LogP contribution < -0.4 is 10.6 Å². The summed E-state index contributed by atoms with van der Waals surface area (Å²) in [6.45, 7) is 0.754. The Labute approximate surface area is 212 Å². The number of phenols is 1. The molecule has 0 spiro atoms. The maximum Gasteiger partial charge on any atom is 0.255 e. The third kappa shape index (κ3) is 8.13. The quantitative estimate of drug-likeness (QED) is 0.205. The number of phenolic OH excluding ortho intramolecular Hbond substituents is 1. The van der Waals surface area contributed by atoms with E-state index in [1.54, 1.807) is 12.1 Å². The zero-order valence-corrected chi connectivity index (χ0v) is 21.4. The van der Waals surface area contributed by atoms with Crippen molar-refractivity contribution in [3.05, 3.63) is 29.8 Å². The zero-order valence-electron chi connectivity index (χ0n) is 19.0. The number of likely N-dealkylation sites (tertiary alicyclic amines) is 1. The molecule has 2 aliphatic heterocycles. The molecular formula is C23H31N3O5S3.